The third kappa shape index (κ3) is 3.52. The molecule has 5 heteroatoms. The number of aromatic nitrogens is 1. The first-order valence-corrected chi connectivity index (χ1v) is 5.26. The lowest BCUT2D eigenvalue weighted by atomic mass is 10.4. The van der Waals surface area contributed by atoms with Crippen LogP contribution in [0.5, 0.6) is 0 Å². The maximum Gasteiger partial charge on any atom is 0.349 e. The number of nitriles is 1. The molecule has 0 unspecified atom stereocenters. The highest BCUT2D eigenvalue weighted by Crippen LogP contribution is 2.15. The van der Waals surface area contributed by atoms with Crippen LogP contribution in [0.4, 0.5) is 0 Å². The lowest BCUT2D eigenvalue weighted by Crippen LogP contribution is -2.01. The van der Waals surface area contributed by atoms with Crippen LogP contribution in [0.15, 0.2) is 12.3 Å². The number of esters is 1. The van der Waals surface area contributed by atoms with Crippen molar-refractivity contribution in [3.63, 3.8) is 0 Å². The number of ether oxygens (including phenoxy) is 1. The lowest BCUT2D eigenvalue weighted by molar-refractivity contribution is 0.0532. The molecule has 0 aliphatic heterocycles. The Hall–Kier alpha value is -1.67. The Morgan fingerprint density at radius 3 is 3.27 bits per heavy atom. The summed E-state index contributed by atoms with van der Waals surface area (Å²) in [6.45, 7) is 2.11. The summed E-state index contributed by atoms with van der Waals surface area (Å²) in [6.07, 6.45) is 5.24. The van der Waals surface area contributed by atoms with E-state index >= 15 is 0 Å². The number of carbonyl (C=O) groups excluding carboxylic acids is 1. The van der Waals surface area contributed by atoms with E-state index in [9.17, 15) is 4.79 Å². The molecule has 0 N–H and O–H groups in total. The van der Waals surface area contributed by atoms with Crippen molar-refractivity contribution in [3.05, 3.63) is 22.2 Å². The van der Waals surface area contributed by atoms with Crippen LogP contribution < -0.4 is 0 Å². The Kier molecular flexibility index (Phi) is 4.51. The van der Waals surface area contributed by atoms with Gasteiger partial charge in [-0.25, -0.2) is 9.78 Å². The van der Waals surface area contributed by atoms with Crippen molar-refractivity contribution in [2.24, 2.45) is 0 Å². The van der Waals surface area contributed by atoms with Gasteiger partial charge in [0, 0.05) is 0 Å². The highest BCUT2D eigenvalue weighted by Gasteiger charge is 2.09. The number of thiazole rings is 1. The van der Waals surface area contributed by atoms with E-state index in [0.717, 1.165) is 0 Å². The zero-order chi connectivity index (χ0) is 11.1. The van der Waals surface area contributed by atoms with Gasteiger partial charge < -0.3 is 4.74 Å². The standard InChI is InChI=1S/C10H10N2O2S/c1-2-14-10(13)8-7-12-9(15-8)5-3-4-6-11/h3,5,7H,2,4H2,1H3. The number of hydrogen-bond acceptors (Lipinski definition) is 5. The molecule has 0 radical (unpaired) electrons. The average molecular weight is 222 g/mol. The summed E-state index contributed by atoms with van der Waals surface area (Å²) >= 11 is 1.25. The Labute approximate surface area is 91.8 Å². The Balaban J connectivity index is 2.64. The Bertz CT molecular complexity index is 404. The van der Waals surface area contributed by atoms with Crippen LogP contribution in [0.2, 0.25) is 0 Å². The monoisotopic (exact) mass is 222 g/mol. The summed E-state index contributed by atoms with van der Waals surface area (Å²) in [5, 5.41) is 9.02. The zero-order valence-corrected chi connectivity index (χ0v) is 9.08. The van der Waals surface area contributed by atoms with Gasteiger partial charge in [0.15, 0.2) is 0 Å². The molecular weight excluding hydrogens is 212 g/mol. The smallest absolute Gasteiger partial charge is 0.349 e. The second kappa shape index (κ2) is 5.94. The molecule has 0 spiro atoms. The Morgan fingerprint density at radius 1 is 1.80 bits per heavy atom. The molecule has 15 heavy (non-hydrogen) atoms. The minimum absolute atomic E-state index is 0.342. The van der Waals surface area contributed by atoms with Crippen LogP contribution in [0.3, 0.4) is 0 Å². The van der Waals surface area contributed by atoms with Gasteiger partial charge in [-0.2, -0.15) is 5.26 Å². The maximum absolute atomic E-state index is 11.3. The van der Waals surface area contributed by atoms with Crippen molar-refractivity contribution >= 4 is 23.4 Å². The van der Waals surface area contributed by atoms with Crippen molar-refractivity contribution in [1.29, 1.82) is 5.26 Å². The minimum Gasteiger partial charge on any atom is -0.462 e. The van der Waals surface area contributed by atoms with Crippen molar-refractivity contribution in [1.82, 2.24) is 4.98 Å². The molecule has 1 rings (SSSR count). The van der Waals surface area contributed by atoms with Crippen molar-refractivity contribution < 1.29 is 9.53 Å². The number of allylic oxidation sites excluding steroid dienone is 1. The predicted octanol–water partition coefficient (Wildman–Crippen LogP) is 2.25. The summed E-state index contributed by atoms with van der Waals surface area (Å²) in [4.78, 5) is 15.8. The van der Waals surface area contributed by atoms with E-state index in [4.69, 9.17) is 10.00 Å². The first kappa shape index (κ1) is 11.4. The Morgan fingerprint density at radius 2 is 2.60 bits per heavy atom. The molecule has 0 bridgehead atoms. The highest BCUT2D eigenvalue weighted by atomic mass is 32.1. The van der Waals surface area contributed by atoms with E-state index < -0.39 is 0 Å². The van der Waals surface area contributed by atoms with Crippen LogP contribution in [0.1, 0.15) is 28.0 Å². The first-order valence-electron chi connectivity index (χ1n) is 4.44. The first-order chi connectivity index (χ1) is 7.27. The van der Waals surface area contributed by atoms with Crippen molar-refractivity contribution in [2.45, 2.75) is 13.3 Å². The van der Waals surface area contributed by atoms with Gasteiger partial charge >= 0.3 is 5.97 Å². The van der Waals surface area contributed by atoms with E-state index in [1.165, 1.54) is 17.5 Å². The van der Waals surface area contributed by atoms with Gasteiger partial charge in [0.1, 0.15) is 9.88 Å². The molecule has 1 heterocycles. The van der Waals surface area contributed by atoms with E-state index in [0.29, 0.717) is 22.9 Å². The molecule has 0 aromatic carbocycles. The molecule has 4 nitrogen and oxygen atoms in total. The fourth-order valence-electron chi connectivity index (χ4n) is 0.874. The van der Waals surface area contributed by atoms with Gasteiger partial charge in [-0.15, -0.1) is 11.3 Å². The SMILES string of the molecule is CCOC(=O)c1cnc(C=CCC#N)s1. The summed E-state index contributed by atoms with van der Waals surface area (Å²) in [5.41, 5.74) is 0. The number of hydrogen-bond donors (Lipinski definition) is 0. The molecule has 1 aromatic heterocycles. The van der Waals surface area contributed by atoms with E-state index in [-0.39, 0.29) is 5.97 Å². The predicted molar refractivity (Wildman–Crippen MR) is 57.3 cm³/mol. The molecule has 0 atom stereocenters. The van der Waals surface area contributed by atoms with Crippen LogP contribution in [0, 0.1) is 11.3 Å². The molecule has 0 saturated heterocycles. The summed E-state index contributed by atoms with van der Waals surface area (Å²) in [7, 11) is 0. The van der Waals surface area contributed by atoms with Crippen LogP contribution in [-0.2, 0) is 4.74 Å². The second-order valence-corrected chi connectivity index (χ2v) is 3.61. The van der Waals surface area contributed by atoms with Gasteiger partial charge in [-0.3, -0.25) is 0 Å². The van der Waals surface area contributed by atoms with E-state index in [2.05, 4.69) is 4.98 Å². The molecule has 0 amide bonds. The van der Waals surface area contributed by atoms with Crippen LogP contribution >= 0.6 is 11.3 Å². The van der Waals surface area contributed by atoms with Crippen molar-refractivity contribution in [2.75, 3.05) is 6.61 Å². The second-order valence-electron chi connectivity index (χ2n) is 2.55. The van der Waals surface area contributed by atoms with Crippen molar-refractivity contribution in [3.8, 4) is 6.07 Å². The fraction of sp³-hybridized carbons (Fsp3) is 0.300. The largest absolute Gasteiger partial charge is 0.462 e. The maximum atomic E-state index is 11.3. The molecular formula is C10H10N2O2S. The van der Waals surface area contributed by atoms with Gasteiger partial charge in [-0.05, 0) is 13.0 Å². The van der Waals surface area contributed by atoms with E-state index in [1.54, 1.807) is 19.1 Å². The average Bonchev–Trinajstić information content (AvgIpc) is 2.67. The fourth-order valence-corrected chi connectivity index (χ4v) is 1.62. The van der Waals surface area contributed by atoms with Gasteiger partial charge in [0.25, 0.3) is 0 Å². The van der Waals surface area contributed by atoms with Gasteiger partial charge in [0.05, 0.1) is 25.3 Å². The molecule has 0 fully saturated rings. The molecule has 0 aliphatic carbocycles. The lowest BCUT2D eigenvalue weighted by Gasteiger charge is -1.95. The summed E-state index contributed by atoms with van der Waals surface area (Å²) < 4.78 is 4.82. The normalized spacial score (nSPS) is 10.1. The third-order valence-corrected chi connectivity index (χ3v) is 2.41. The van der Waals surface area contributed by atoms with Gasteiger partial charge in [-0.1, -0.05) is 6.08 Å². The zero-order valence-electron chi connectivity index (χ0n) is 8.27. The van der Waals surface area contributed by atoms with Crippen LogP contribution in [-0.4, -0.2) is 17.6 Å². The molecule has 0 saturated carbocycles. The molecule has 78 valence electrons. The van der Waals surface area contributed by atoms with Gasteiger partial charge in [0.2, 0.25) is 0 Å². The number of nitrogens with zero attached hydrogens (tertiary/aromatic N) is 2. The quantitative estimate of drug-likeness (QED) is 0.733. The number of carbonyl (C=O) groups is 1. The summed E-state index contributed by atoms with van der Waals surface area (Å²) in [6, 6.07) is 1.99. The highest BCUT2D eigenvalue weighted by molar-refractivity contribution is 7.14. The third-order valence-electron chi connectivity index (χ3n) is 1.47. The molecule has 0 aliphatic rings. The minimum atomic E-state index is -0.352. The summed E-state index contributed by atoms with van der Waals surface area (Å²) in [5.74, 6) is -0.352. The number of rotatable bonds is 4. The molecule has 1 aromatic rings. The van der Waals surface area contributed by atoms with E-state index in [1.807, 2.05) is 6.07 Å². The van der Waals surface area contributed by atoms with Crippen LogP contribution in [0.25, 0.3) is 6.08 Å². The topological polar surface area (TPSA) is 63.0 Å².